The lowest BCUT2D eigenvalue weighted by atomic mass is 10.1. The number of aliphatic hydroxyl groups excluding tert-OH is 1. The van der Waals surface area contributed by atoms with Gasteiger partial charge in [0, 0.05) is 24.2 Å². The molecule has 0 saturated heterocycles. The molecular weight excluding hydrogens is 240 g/mol. The second-order valence-corrected chi connectivity index (χ2v) is 4.89. The van der Waals surface area contributed by atoms with Crippen molar-refractivity contribution >= 4 is 11.0 Å². The van der Waals surface area contributed by atoms with Crippen LogP contribution in [-0.4, -0.2) is 14.9 Å². The van der Waals surface area contributed by atoms with E-state index in [0.29, 0.717) is 5.76 Å². The first-order valence-electron chi connectivity index (χ1n) is 6.23. The molecule has 19 heavy (non-hydrogen) atoms. The predicted molar refractivity (Wildman–Crippen MR) is 73.0 cm³/mol. The molecule has 0 aliphatic rings. The molecule has 98 valence electrons. The molecule has 0 radical (unpaired) electrons. The zero-order valence-electron chi connectivity index (χ0n) is 11.2. The Kier molecular flexibility index (Phi) is 2.68. The average Bonchev–Trinajstić information content (AvgIpc) is 2.93. The first kappa shape index (κ1) is 12.0. The van der Waals surface area contributed by atoms with Crippen LogP contribution < -0.4 is 0 Å². The van der Waals surface area contributed by atoms with Crippen LogP contribution in [0.15, 0.2) is 34.9 Å². The van der Waals surface area contributed by atoms with E-state index in [1.807, 2.05) is 51.4 Å². The molecule has 4 nitrogen and oxygen atoms in total. The largest absolute Gasteiger partial charge is 0.458 e. The van der Waals surface area contributed by atoms with Gasteiger partial charge in [-0.15, -0.1) is 0 Å². The fourth-order valence-electron chi connectivity index (χ4n) is 2.40. The highest BCUT2D eigenvalue weighted by Crippen LogP contribution is 2.30. The lowest BCUT2D eigenvalue weighted by molar-refractivity contribution is 0.191. The molecule has 3 aromatic rings. The van der Waals surface area contributed by atoms with Crippen molar-refractivity contribution in [2.75, 3.05) is 0 Å². The van der Waals surface area contributed by atoms with Crippen LogP contribution in [0, 0.1) is 13.8 Å². The van der Waals surface area contributed by atoms with Crippen molar-refractivity contribution < 1.29 is 9.52 Å². The lowest BCUT2D eigenvalue weighted by Crippen LogP contribution is -1.98. The van der Waals surface area contributed by atoms with Crippen molar-refractivity contribution in [3.63, 3.8) is 0 Å². The van der Waals surface area contributed by atoms with Crippen LogP contribution in [0.1, 0.15) is 28.7 Å². The van der Waals surface area contributed by atoms with Crippen molar-refractivity contribution in [3.8, 4) is 0 Å². The highest BCUT2D eigenvalue weighted by molar-refractivity contribution is 5.81. The Labute approximate surface area is 111 Å². The van der Waals surface area contributed by atoms with Crippen molar-refractivity contribution in [1.82, 2.24) is 9.78 Å². The summed E-state index contributed by atoms with van der Waals surface area (Å²) in [6.07, 6.45) is 1.04. The number of furan rings is 1. The van der Waals surface area contributed by atoms with E-state index in [-0.39, 0.29) is 0 Å². The molecule has 2 aromatic heterocycles. The van der Waals surface area contributed by atoms with Gasteiger partial charge in [0.15, 0.2) is 0 Å². The van der Waals surface area contributed by atoms with Crippen LogP contribution in [-0.2, 0) is 7.05 Å². The molecule has 4 heteroatoms. The molecular formula is C15H16N2O2. The van der Waals surface area contributed by atoms with Crippen LogP contribution in [0.2, 0.25) is 0 Å². The number of aliphatic hydroxyl groups is 1. The Morgan fingerprint density at radius 1 is 1.32 bits per heavy atom. The molecule has 0 saturated carbocycles. The van der Waals surface area contributed by atoms with E-state index in [0.717, 1.165) is 27.8 Å². The van der Waals surface area contributed by atoms with Crippen LogP contribution in [0.25, 0.3) is 11.0 Å². The molecule has 1 aromatic carbocycles. The number of nitrogens with zero attached hydrogens (tertiary/aromatic N) is 2. The van der Waals surface area contributed by atoms with Gasteiger partial charge in [0.1, 0.15) is 17.4 Å². The summed E-state index contributed by atoms with van der Waals surface area (Å²) < 4.78 is 7.49. The first-order chi connectivity index (χ1) is 9.06. The molecule has 2 heterocycles. The van der Waals surface area contributed by atoms with Crippen LogP contribution >= 0.6 is 0 Å². The Hall–Kier alpha value is -2.07. The highest BCUT2D eigenvalue weighted by Gasteiger charge is 2.20. The number of hydrogen-bond acceptors (Lipinski definition) is 3. The summed E-state index contributed by atoms with van der Waals surface area (Å²) >= 11 is 0. The SMILES string of the molecule is Cc1nn(C)cc1C(O)c1cc2cccc(C)c2o1. The Balaban J connectivity index is 2.09. The number of aryl methyl sites for hydroxylation is 3. The van der Waals surface area contributed by atoms with Crippen molar-refractivity contribution in [3.05, 3.63) is 53.0 Å². The quantitative estimate of drug-likeness (QED) is 0.767. The highest BCUT2D eigenvalue weighted by atomic mass is 16.4. The first-order valence-corrected chi connectivity index (χ1v) is 6.23. The van der Waals surface area contributed by atoms with Gasteiger partial charge in [-0.25, -0.2) is 0 Å². The van der Waals surface area contributed by atoms with Crippen LogP contribution in [0.4, 0.5) is 0 Å². The maximum Gasteiger partial charge on any atom is 0.140 e. The van der Waals surface area contributed by atoms with Crippen LogP contribution in [0.3, 0.4) is 0 Å². The van der Waals surface area contributed by atoms with E-state index < -0.39 is 6.10 Å². The molecule has 0 bridgehead atoms. The number of para-hydroxylation sites is 1. The van der Waals surface area contributed by atoms with Gasteiger partial charge in [0.05, 0.1) is 5.69 Å². The van der Waals surface area contributed by atoms with Gasteiger partial charge in [-0.3, -0.25) is 4.68 Å². The van der Waals surface area contributed by atoms with Gasteiger partial charge < -0.3 is 9.52 Å². The molecule has 0 aliphatic carbocycles. The Morgan fingerprint density at radius 2 is 2.11 bits per heavy atom. The number of hydrogen-bond donors (Lipinski definition) is 1. The third-order valence-electron chi connectivity index (χ3n) is 3.38. The minimum absolute atomic E-state index is 0.556. The number of benzene rings is 1. The third kappa shape index (κ3) is 1.94. The minimum Gasteiger partial charge on any atom is -0.458 e. The van der Waals surface area contributed by atoms with Gasteiger partial charge >= 0.3 is 0 Å². The maximum absolute atomic E-state index is 10.4. The second-order valence-electron chi connectivity index (χ2n) is 4.89. The molecule has 0 amide bonds. The van der Waals surface area contributed by atoms with Gasteiger partial charge in [-0.1, -0.05) is 18.2 Å². The number of rotatable bonds is 2. The summed E-state index contributed by atoms with van der Waals surface area (Å²) in [5.74, 6) is 0.556. The lowest BCUT2D eigenvalue weighted by Gasteiger charge is -2.05. The number of fused-ring (bicyclic) bond motifs is 1. The van der Waals surface area contributed by atoms with E-state index >= 15 is 0 Å². The minimum atomic E-state index is -0.777. The maximum atomic E-state index is 10.4. The smallest absolute Gasteiger partial charge is 0.140 e. The molecule has 0 aliphatic heterocycles. The van der Waals surface area contributed by atoms with E-state index in [9.17, 15) is 5.11 Å². The fourth-order valence-corrected chi connectivity index (χ4v) is 2.40. The standard InChI is InChI=1S/C15H16N2O2/c1-9-5-4-6-11-7-13(19-15(9)11)14(18)12-8-17(3)16-10(12)2/h4-8,14,18H,1-3H3. The zero-order valence-corrected chi connectivity index (χ0v) is 11.2. The molecule has 1 unspecified atom stereocenters. The summed E-state index contributed by atoms with van der Waals surface area (Å²) in [6.45, 7) is 3.88. The second kappa shape index (κ2) is 4.24. The molecule has 0 fully saturated rings. The monoisotopic (exact) mass is 256 g/mol. The van der Waals surface area contributed by atoms with E-state index in [4.69, 9.17) is 4.42 Å². The summed E-state index contributed by atoms with van der Waals surface area (Å²) in [7, 11) is 1.84. The van der Waals surface area contributed by atoms with Gasteiger partial charge in [0.25, 0.3) is 0 Å². The van der Waals surface area contributed by atoms with Crippen LogP contribution in [0.5, 0.6) is 0 Å². The number of aromatic nitrogens is 2. The fraction of sp³-hybridized carbons (Fsp3) is 0.267. The summed E-state index contributed by atoms with van der Waals surface area (Å²) in [4.78, 5) is 0. The zero-order chi connectivity index (χ0) is 13.6. The van der Waals surface area contributed by atoms with E-state index in [1.165, 1.54) is 0 Å². The van der Waals surface area contributed by atoms with Crippen molar-refractivity contribution in [1.29, 1.82) is 0 Å². The average molecular weight is 256 g/mol. The molecule has 3 rings (SSSR count). The van der Waals surface area contributed by atoms with Crippen molar-refractivity contribution in [2.45, 2.75) is 20.0 Å². The summed E-state index contributed by atoms with van der Waals surface area (Å²) in [6, 6.07) is 7.85. The van der Waals surface area contributed by atoms with Crippen molar-refractivity contribution in [2.24, 2.45) is 7.05 Å². The Bertz CT molecular complexity index is 740. The molecule has 1 N–H and O–H groups in total. The normalized spacial score (nSPS) is 13.1. The Morgan fingerprint density at radius 3 is 2.74 bits per heavy atom. The van der Waals surface area contributed by atoms with E-state index in [2.05, 4.69) is 5.10 Å². The topological polar surface area (TPSA) is 51.2 Å². The third-order valence-corrected chi connectivity index (χ3v) is 3.38. The summed E-state index contributed by atoms with van der Waals surface area (Å²) in [5, 5.41) is 15.7. The van der Waals surface area contributed by atoms with Gasteiger partial charge in [-0.05, 0) is 25.5 Å². The molecule has 1 atom stereocenters. The van der Waals surface area contributed by atoms with E-state index in [1.54, 1.807) is 4.68 Å². The predicted octanol–water partition coefficient (Wildman–Crippen LogP) is 2.86. The summed E-state index contributed by atoms with van der Waals surface area (Å²) in [5.41, 5.74) is 3.49. The van der Waals surface area contributed by atoms with Gasteiger partial charge in [0.2, 0.25) is 0 Å². The molecule has 0 spiro atoms. The van der Waals surface area contributed by atoms with Gasteiger partial charge in [-0.2, -0.15) is 5.10 Å².